The molecule has 5 atom stereocenters. The summed E-state index contributed by atoms with van der Waals surface area (Å²) in [4.78, 5) is 26.6. The second-order valence-corrected chi connectivity index (χ2v) is 6.04. The van der Waals surface area contributed by atoms with Crippen LogP contribution in [0, 0.1) is 11.8 Å². The van der Waals surface area contributed by atoms with E-state index in [-0.39, 0.29) is 24.2 Å². The number of fused-ring (bicyclic) bond motifs is 1. The minimum atomic E-state index is -1.12. The molecule has 0 aromatic carbocycles. The van der Waals surface area contributed by atoms with Gasteiger partial charge in [-0.1, -0.05) is 12.2 Å². The van der Waals surface area contributed by atoms with Crippen molar-refractivity contribution >= 4 is 24.2 Å². The average Bonchev–Trinajstić information content (AvgIpc) is 2.78. The molecule has 24 heavy (non-hydrogen) atoms. The highest BCUT2D eigenvalue weighted by molar-refractivity contribution is 6.08. The number of allylic oxidation sites excluding steroid dienone is 2. The molecule has 3 rings (SSSR count). The predicted octanol–water partition coefficient (Wildman–Crippen LogP) is -1.60. The predicted molar refractivity (Wildman–Crippen MR) is 88.5 cm³/mol. The number of nitrogens with one attached hydrogen (secondary N) is 2. The van der Waals surface area contributed by atoms with Crippen LogP contribution >= 0.6 is 12.4 Å². The van der Waals surface area contributed by atoms with E-state index in [1.165, 1.54) is 0 Å². The first kappa shape index (κ1) is 18.9. The molecule has 2 saturated heterocycles. The highest BCUT2D eigenvalue weighted by Crippen LogP contribution is 2.37. The number of amides is 2. The normalized spacial score (nSPS) is 35.4. The molecule has 9 heteroatoms. The third-order valence-corrected chi connectivity index (χ3v) is 4.58. The van der Waals surface area contributed by atoms with Gasteiger partial charge in [-0.25, -0.2) is 0 Å². The molecule has 0 radical (unpaired) electrons. The smallest absolute Gasteiger partial charge is 0.239 e. The van der Waals surface area contributed by atoms with E-state index in [9.17, 15) is 19.8 Å². The maximum atomic E-state index is 12.8. The minimum absolute atomic E-state index is 0. The van der Waals surface area contributed by atoms with Gasteiger partial charge in [-0.3, -0.25) is 19.8 Å². The SMILES string of the molecule is Cl.NCCNC1=CC=CC2C(=O)N(C3CCC(O)NC3O)C(=O)C12. The van der Waals surface area contributed by atoms with Crippen molar-refractivity contribution in [3.63, 3.8) is 0 Å². The number of imide groups is 1. The van der Waals surface area contributed by atoms with Crippen molar-refractivity contribution in [3.8, 4) is 0 Å². The summed E-state index contributed by atoms with van der Waals surface area (Å²) >= 11 is 0. The Bertz CT molecular complexity index is 568. The molecule has 3 aliphatic rings. The Morgan fingerprint density at radius 2 is 2.04 bits per heavy atom. The molecular weight excluding hydrogens is 336 g/mol. The Hall–Kier alpha value is -1.45. The molecule has 2 fully saturated rings. The number of halogens is 1. The first-order valence-electron chi connectivity index (χ1n) is 7.86. The fourth-order valence-electron chi connectivity index (χ4n) is 3.48. The largest absolute Gasteiger partial charge is 0.386 e. The van der Waals surface area contributed by atoms with Gasteiger partial charge in [0, 0.05) is 18.8 Å². The molecule has 0 saturated carbocycles. The number of aliphatic hydroxyl groups excluding tert-OH is 2. The molecule has 2 amide bonds. The number of hydrogen-bond donors (Lipinski definition) is 5. The Morgan fingerprint density at radius 3 is 2.71 bits per heavy atom. The Labute approximate surface area is 146 Å². The number of piperidine rings is 1. The average molecular weight is 359 g/mol. The lowest BCUT2D eigenvalue weighted by atomic mass is 9.88. The molecule has 8 nitrogen and oxygen atoms in total. The number of nitrogens with zero attached hydrogens (tertiary/aromatic N) is 1. The van der Waals surface area contributed by atoms with Crippen molar-refractivity contribution < 1.29 is 19.8 Å². The van der Waals surface area contributed by atoms with Crippen molar-refractivity contribution in [1.29, 1.82) is 0 Å². The zero-order valence-corrected chi connectivity index (χ0v) is 13.9. The highest BCUT2D eigenvalue weighted by Gasteiger charge is 2.52. The molecule has 0 spiro atoms. The van der Waals surface area contributed by atoms with Gasteiger partial charge in [0.1, 0.15) is 12.5 Å². The topological polar surface area (TPSA) is 128 Å². The summed E-state index contributed by atoms with van der Waals surface area (Å²) in [6.45, 7) is 0.942. The van der Waals surface area contributed by atoms with E-state index in [1.807, 2.05) is 0 Å². The van der Waals surface area contributed by atoms with Crippen LogP contribution in [0.2, 0.25) is 0 Å². The van der Waals surface area contributed by atoms with E-state index in [4.69, 9.17) is 5.73 Å². The van der Waals surface area contributed by atoms with E-state index in [0.717, 1.165) is 4.90 Å². The maximum absolute atomic E-state index is 12.8. The number of aliphatic hydroxyl groups is 2. The van der Waals surface area contributed by atoms with E-state index >= 15 is 0 Å². The molecule has 6 N–H and O–H groups in total. The third-order valence-electron chi connectivity index (χ3n) is 4.58. The molecule has 2 aliphatic heterocycles. The lowest BCUT2D eigenvalue weighted by Crippen LogP contribution is -2.58. The van der Waals surface area contributed by atoms with Crippen LogP contribution in [0.3, 0.4) is 0 Å². The summed E-state index contributed by atoms with van der Waals surface area (Å²) in [6, 6.07) is -0.659. The van der Waals surface area contributed by atoms with Gasteiger partial charge in [-0.15, -0.1) is 12.4 Å². The molecule has 2 heterocycles. The summed E-state index contributed by atoms with van der Waals surface area (Å²) in [5, 5.41) is 25.3. The van der Waals surface area contributed by atoms with E-state index in [2.05, 4.69) is 10.6 Å². The highest BCUT2D eigenvalue weighted by atomic mass is 35.5. The second-order valence-electron chi connectivity index (χ2n) is 6.04. The van der Waals surface area contributed by atoms with Crippen LogP contribution < -0.4 is 16.4 Å². The number of hydrogen-bond acceptors (Lipinski definition) is 7. The molecule has 0 aromatic rings. The van der Waals surface area contributed by atoms with Crippen molar-refractivity contribution in [2.75, 3.05) is 13.1 Å². The van der Waals surface area contributed by atoms with Gasteiger partial charge in [0.25, 0.3) is 0 Å². The zero-order valence-electron chi connectivity index (χ0n) is 13.1. The monoisotopic (exact) mass is 358 g/mol. The van der Waals surface area contributed by atoms with Gasteiger partial charge in [-0.2, -0.15) is 0 Å². The second kappa shape index (κ2) is 7.62. The third kappa shape index (κ3) is 3.20. The van der Waals surface area contributed by atoms with Crippen molar-refractivity contribution in [3.05, 3.63) is 23.9 Å². The Morgan fingerprint density at radius 1 is 1.29 bits per heavy atom. The van der Waals surface area contributed by atoms with Gasteiger partial charge < -0.3 is 21.3 Å². The number of carbonyl (C=O) groups is 2. The van der Waals surface area contributed by atoms with Crippen molar-refractivity contribution in [2.24, 2.45) is 17.6 Å². The van der Waals surface area contributed by atoms with Crippen molar-refractivity contribution in [1.82, 2.24) is 15.5 Å². The number of likely N-dealkylation sites (tertiary alicyclic amines) is 1. The first-order chi connectivity index (χ1) is 11.0. The molecular formula is C15H23ClN4O4. The van der Waals surface area contributed by atoms with Gasteiger partial charge >= 0.3 is 0 Å². The van der Waals surface area contributed by atoms with Crippen LogP contribution in [-0.4, -0.2) is 58.5 Å². The first-order valence-corrected chi connectivity index (χ1v) is 7.86. The summed E-state index contributed by atoms with van der Waals surface area (Å²) in [5.41, 5.74) is 6.17. The van der Waals surface area contributed by atoms with E-state index in [1.54, 1.807) is 18.2 Å². The molecule has 0 aromatic heterocycles. The quantitative estimate of drug-likeness (QED) is 0.383. The van der Waals surface area contributed by atoms with E-state index in [0.29, 0.717) is 31.6 Å². The molecule has 5 unspecified atom stereocenters. The Balaban J connectivity index is 0.00000208. The van der Waals surface area contributed by atoms with Gasteiger partial charge in [-0.05, 0) is 18.9 Å². The minimum Gasteiger partial charge on any atom is -0.386 e. The van der Waals surface area contributed by atoms with Gasteiger partial charge in [0.05, 0.1) is 17.9 Å². The molecule has 1 aliphatic carbocycles. The van der Waals surface area contributed by atoms with Gasteiger partial charge in [0.2, 0.25) is 11.8 Å². The van der Waals surface area contributed by atoms with Gasteiger partial charge in [0.15, 0.2) is 0 Å². The number of carbonyl (C=O) groups excluding carboxylic acids is 2. The Kier molecular flexibility index (Phi) is 6.00. The van der Waals surface area contributed by atoms with Crippen LogP contribution in [0.5, 0.6) is 0 Å². The van der Waals surface area contributed by atoms with Crippen LogP contribution in [-0.2, 0) is 9.59 Å². The molecule has 0 bridgehead atoms. The van der Waals surface area contributed by atoms with Crippen LogP contribution in [0.15, 0.2) is 23.9 Å². The molecule has 134 valence electrons. The summed E-state index contributed by atoms with van der Waals surface area (Å²) in [5.74, 6) is -1.76. The lowest BCUT2D eigenvalue weighted by Gasteiger charge is -2.36. The van der Waals surface area contributed by atoms with Crippen LogP contribution in [0.1, 0.15) is 12.8 Å². The van der Waals surface area contributed by atoms with E-state index < -0.39 is 30.3 Å². The summed E-state index contributed by atoms with van der Waals surface area (Å²) in [6.07, 6.45) is 4.05. The summed E-state index contributed by atoms with van der Waals surface area (Å²) in [7, 11) is 0. The van der Waals surface area contributed by atoms with Crippen LogP contribution in [0.25, 0.3) is 0 Å². The zero-order chi connectivity index (χ0) is 16.6. The lowest BCUT2D eigenvalue weighted by molar-refractivity contribution is -0.149. The fraction of sp³-hybridized carbons (Fsp3) is 0.600. The summed E-state index contributed by atoms with van der Waals surface area (Å²) < 4.78 is 0. The number of rotatable bonds is 4. The number of nitrogens with two attached hydrogens (primary N) is 1. The maximum Gasteiger partial charge on any atom is 0.239 e. The fourth-order valence-corrected chi connectivity index (χ4v) is 3.48. The standard InChI is InChI=1S/C15H22N4O4.ClH/c16-6-7-17-9-3-1-2-8-12(9)15(23)19(14(8)22)10-4-5-11(20)18-13(10)21;/h1-3,8,10-13,17-18,20-21H,4-7,16H2;1H. The van der Waals surface area contributed by atoms with Crippen molar-refractivity contribution in [2.45, 2.75) is 31.3 Å². The van der Waals surface area contributed by atoms with Crippen LogP contribution in [0.4, 0.5) is 0 Å².